The quantitative estimate of drug-likeness (QED) is 0.129. The van der Waals surface area contributed by atoms with Crippen LogP contribution >= 0.6 is 0 Å². The summed E-state index contributed by atoms with van der Waals surface area (Å²) in [6.45, 7) is 7.59. The van der Waals surface area contributed by atoms with Crippen LogP contribution in [0.15, 0.2) is 133 Å². The van der Waals surface area contributed by atoms with Gasteiger partial charge in [-0.1, -0.05) is 120 Å². The van der Waals surface area contributed by atoms with Gasteiger partial charge in [0.1, 0.15) is 0 Å². The van der Waals surface area contributed by atoms with Crippen LogP contribution in [-0.2, 0) is 30.0 Å². The van der Waals surface area contributed by atoms with Crippen LogP contribution in [0.2, 0.25) is 0 Å². The highest BCUT2D eigenvalue weighted by Crippen LogP contribution is 2.74. The van der Waals surface area contributed by atoms with Crippen LogP contribution in [0.3, 0.4) is 0 Å². The number of amides is 2. The van der Waals surface area contributed by atoms with Gasteiger partial charge in [0.05, 0.1) is 40.0 Å². The zero-order valence-corrected chi connectivity index (χ0v) is 28.9. The van der Waals surface area contributed by atoms with Crippen LogP contribution in [0.5, 0.6) is 0 Å². The Balaban J connectivity index is 1.45. The third-order valence-electron chi connectivity index (χ3n) is 10.8. The highest BCUT2D eigenvalue weighted by Gasteiger charge is 2.82. The van der Waals surface area contributed by atoms with Crippen LogP contribution in [0, 0.1) is 25.7 Å². The van der Waals surface area contributed by atoms with Crippen molar-refractivity contribution in [3.63, 3.8) is 0 Å². The summed E-state index contributed by atoms with van der Waals surface area (Å²) >= 11 is 0. The Hall–Kier alpha value is -5.88. The van der Waals surface area contributed by atoms with Crippen molar-refractivity contribution < 1.29 is 23.9 Å². The topological polar surface area (TPSA) is 80.8 Å². The van der Waals surface area contributed by atoms with E-state index in [0.717, 1.165) is 33.4 Å². The number of Topliss-reactive ketones (excluding diaryl/α,β-unsaturated/α-hetero) is 1. The average Bonchev–Trinajstić information content (AvgIpc) is 3.65. The first kappa shape index (κ1) is 32.3. The summed E-state index contributed by atoms with van der Waals surface area (Å²) in [6, 6.07) is 41.6. The Bertz CT molecular complexity index is 2110. The molecule has 0 spiro atoms. The summed E-state index contributed by atoms with van der Waals surface area (Å²) in [4.78, 5) is 60.4. The van der Waals surface area contributed by atoms with Crippen molar-refractivity contribution >= 4 is 40.4 Å². The summed E-state index contributed by atoms with van der Waals surface area (Å²) in [7, 11) is 0. The molecule has 8 rings (SSSR count). The summed E-state index contributed by atoms with van der Waals surface area (Å²) in [5, 5.41) is 0. The second-order valence-corrected chi connectivity index (χ2v) is 14.1. The van der Waals surface area contributed by atoms with E-state index in [-0.39, 0.29) is 11.9 Å². The lowest BCUT2D eigenvalue weighted by Gasteiger charge is -2.39. The maximum absolute atomic E-state index is 16.1. The molecule has 5 aromatic rings. The first-order valence-corrected chi connectivity index (χ1v) is 17.4. The van der Waals surface area contributed by atoms with Crippen molar-refractivity contribution in [2.45, 2.75) is 44.6 Å². The minimum absolute atomic E-state index is 0.165. The number of fused-ring (bicyclic) bond motifs is 5. The molecule has 1 saturated carbocycles. The van der Waals surface area contributed by atoms with Gasteiger partial charge in [-0.25, -0.2) is 9.69 Å². The van der Waals surface area contributed by atoms with Crippen molar-refractivity contribution in [3.8, 4) is 0 Å². The monoisotopic (exact) mass is 671 g/mol. The minimum atomic E-state index is -1.49. The number of benzene rings is 5. The number of rotatable bonds is 7. The molecule has 2 bridgehead atoms. The van der Waals surface area contributed by atoms with Gasteiger partial charge < -0.3 is 4.74 Å². The molecule has 6 nitrogen and oxygen atoms in total. The molecule has 6 heteroatoms. The van der Waals surface area contributed by atoms with Crippen LogP contribution < -0.4 is 4.90 Å². The Morgan fingerprint density at radius 1 is 0.588 bits per heavy atom. The lowest BCUT2D eigenvalue weighted by Crippen LogP contribution is -2.45. The first-order valence-electron chi connectivity index (χ1n) is 17.4. The van der Waals surface area contributed by atoms with Crippen molar-refractivity contribution in [2.75, 3.05) is 4.90 Å². The molecule has 51 heavy (non-hydrogen) atoms. The van der Waals surface area contributed by atoms with Gasteiger partial charge in [-0.05, 0) is 85.4 Å². The van der Waals surface area contributed by atoms with E-state index in [1.165, 1.54) is 4.90 Å². The number of imide groups is 1. The highest BCUT2D eigenvalue weighted by molar-refractivity contribution is 6.39. The molecule has 0 unspecified atom stereocenters. The largest absolute Gasteiger partial charge is 0.459 e. The van der Waals surface area contributed by atoms with E-state index >= 15 is 14.4 Å². The van der Waals surface area contributed by atoms with Gasteiger partial charge in [0.25, 0.3) is 0 Å². The number of carbonyl (C=O) groups excluding carboxylic acids is 4. The Kier molecular flexibility index (Phi) is 7.53. The number of esters is 1. The smallest absolute Gasteiger partial charge is 0.338 e. The molecule has 1 aliphatic heterocycles. The summed E-state index contributed by atoms with van der Waals surface area (Å²) in [6.07, 6.45) is -0.299. The van der Waals surface area contributed by atoms with Crippen molar-refractivity contribution in [3.05, 3.63) is 172 Å². The molecule has 0 radical (unpaired) electrons. The van der Waals surface area contributed by atoms with Crippen LogP contribution in [-0.4, -0.2) is 29.7 Å². The van der Waals surface area contributed by atoms with E-state index in [1.807, 2.05) is 123 Å². The van der Waals surface area contributed by atoms with Crippen LogP contribution in [0.4, 0.5) is 5.69 Å². The molecule has 2 aliphatic carbocycles. The molecule has 1 heterocycles. The zero-order chi connectivity index (χ0) is 35.7. The third kappa shape index (κ3) is 4.48. The molecular weight excluding hydrogens is 634 g/mol. The normalized spacial score (nSPS) is 23.7. The van der Waals surface area contributed by atoms with Crippen molar-refractivity contribution in [1.82, 2.24) is 0 Å². The molecule has 2 amide bonds. The predicted octanol–water partition coefficient (Wildman–Crippen LogP) is 8.06. The highest BCUT2D eigenvalue weighted by atomic mass is 16.5. The second-order valence-electron chi connectivity index (χ2n) is 14.1. The molecule has 0 aromatic heterocycles. The number of ether oxygens (including phenoxy) is 1. The van der Waals surface area contributed by atoms with E-state index in [1.54, 1.807) is 38.1 Å². The van der Waals surface area contributed by atoms with E-state index in [0.29, 0.717) is 22.4 Å². The molecule has 3 aliphatic rings. The zero-order valence-electron chi connectivity index (χ0n) is 28.9. The number of anilines is 1. The summed E-state index contributed by atoms with van der Waals surface area (Å²) < 4.78 is 5.37. The molecule has 252 valence electrons. The fourth-order valence-electron chi connectivity index (χ4n) is 8.85. The third-order valence-corrected chi connectivity index (χ3v) is 10.8. The summed E-state index contributed by atoms with van der Waals surface area (Å²) in [5.74, 6) is -3.60. The molecule has 4 atom stereocenters. The van der Waals surface area contributed by atoms with Crippen LogP contribution in [0.1, 0.15) is 57.6 Å². The number of aryl methyl sites for hydroxylation is 2. The number of hydrogen-bond donors (Lipinski definition) is 0. The molecule has 1 saturated heterocycles. The Morgan fingerprint density at radius 3 is 1.39 bits per heavy atom. The predicted molar refractivity (Wildman–Crippen MR) is 197 cm³/mol. The summed E-state index contributed by atoms with van der Waals surface area (Å²) in [5.41, 5.74) is 4.33. The molecule has 2 fully saturated rings. The van der Waals surface area contributed by atoms with E-state index in [2.05, 4.69) is 0 Å². The van der Waals surface area contributed by atoms with Gasteiger partial charge in [-0.3, -0.25) is 14.4 Å². The standard InChI is InChI=1S/C45H37NO5/c1-27(2)51-42(49)32-23-25-35(26-24-32)46-40(47)38-39(41(46)48)45(34-13-9-6-10-14-34)37(31-21-17-29(4)18-22-31)36(30-19-15-28(3)16-20-30)44(38,43(45)50)33-11-7-5-8-12-33/h5-27,38-39H,1-4H3/t38-,39-,44-,45-/m1/s1. The SMILES string of the molecule is Cc1ccc(C2=C(c3ccc(C)cc3)[C@@]3(c4ccccc4)C(=O)[C@@]2(c2ccccc2)[C@H]2C(=O)N(c4ccc(C(=O)OC(C)C)cc4)C(=O)[C@@H]23)cc1. The lowest BCUT2D eigenvalue weighted by molar-refractivity contribution is -0.130. The first-order chi connectivity index (χ1) is 24.6. The van der Waals surface area contributed by atoms with Gasteiger partial charge >= 0.3 is 5.97 Å². The maximum Gasteiger partial charge on any atom is 0.338 e. The van der Waals surface area contributed by atoms with Gasteiger partial charge in [0, 0.05) is 0 Å². The lowest BCUT2D eigenvalue weighted by atomic mass is 9.59. The molecule has 0 N–H and O–H groups in total. The number of ketones is 1. The van der Waals surface area contributed by atoms with Gasteiger partial charge in [-0.15, -0.1) is 0 Å². The maximum atomic E-state index is 16.1. The number of hydrogen-bond acceptors (Lipinski definition) is 5. The Labute approximate surface area is 297 Å². The van der Waals surface area contributed by atoms with E-state index < -0.39 is 40.4 Å². The van der Waals surface area contributed by atoms with Crippen molar-refractivity contribution in [1.29, 1.82) is 0 Å². The van der Waals surface area contributed by atoms with Gasteiger partial charge in [0.15, 0.2) is 5.78 Å². The fraction of sp³-hybridized carbons (Fsp3) is 0.200. The Morgan fingerprint density at radius 2 is 1.00 bits per heavy atom. The fourth-order valence-corrected chi connectivity index (χ4v) is 8.85. The number of allylic oxidation sites excluding steroid dienone is 2. The van der Waals surface area contributed by atoms with Gasteiger partial charge in [0.2, 0.25) is 11.8 Å². The van der Waals surface area contributed by atoms with Gasteiger partial charge in [-0.2, -0.15) is 0 Å². The minimum Gasteiger partial charge on any atom is -0.459 e. The number of nitrogens with zero attached hydrogens (tertiary/aromatic N) is 1. The molecule has 5 aromatic carbocycles. The van der Waals surface area contributed by atoms with Crippen LogP contribution in [0.25, 0.3) is 11.1 Å². The van der Waals surface area contributed by atoms with Crippen molar-refractivity contribution in [2.24, 2.45) is 11.8 Å². The molecular formula is C45H37NO5. The van der Waals surface area contributed by atoms with E-state index in [4.69, 9.17) is 4.74 Å². The van der Waals surface area contributed by atoms with E-state index in [9.17, 15) is 4.79 Å². The average molecular weight is 672 g/mol. The second kappa shape index (κ2) is 11.9. The number of carbonyl (C=O) groups is 4.